The number of esters is 1. The van der Waals surface area contributed by atoms with E-state index >= 15 is 0 Å². The highest BCUT2D eigenvalue weighted by Crippen LogP contribution is 2.33. The minimum absolute atomic E-state index is 0.242. The predicted molar refractivity (Wildman–Crippen MR) is 87.8 cm³/mol. The normalized spacial score (nSPS) is 11.4. The lowest BCUT2D eigenvalue weighted by atomic mass is 10.1. The SMILES string of the molecule is COC(=O)c1ccc(Nc2ccnc3cc(C(F)(F)F)ccc23)cc1. The molecule has 7 heteroatoms. The van der Waals surface area contributed by atoms with Crippen LogP contribution in [0.1, 0.15) is 15.9 Å². The van der Waals surface area contributed by atoms with Crippen molar-refractivity contribution in [3.63, 3.8) is 0 Å². The van der Waals surface area contributed by atoms with E-state index in [2.05, 4.69) is 15.0 Å². The molecule has 0 saturated carbocycles. The summed E-state index contributed by atoms with van der Waals surface area (Å²) in [6.07, 6.45) is -2.98. The van der Waals surface area contributed by atoms with Gasteiger partial charge in [-0.3, -0.25) is 4.98 Å². The number of hydrogen-bond acceptors (Lipinski definition) is 4. The summed E-state index contributed by atoms with van der Waals surface area (Å²) >= 11 is 0. The van der Waals surface area contributed by atoms with Gasteiger partial charge in [0, 0.05) is 23.0 Å². The number of aromatic nitrogens is 1. The van der Waals surface area contributed by atoms with Crippen molar-refractivity contribution in [3.8, 4) is 0 Å². The zero-order valence-corrected chi connectivity index (χ0v) is 13.1. The number of anilines is 2. The minimum Gasteiger partial charge on any atom is -0.465 e. The number of fused-ring (bicyclic) bond motifs is 1. The van der Waals surface area contributed by atoms with E-state index in [1.165, 1.54) is 19.4 Å². The van der Waals surface area contributed by atoms with E-state index in [1.807, 2.05) is 0 Å². The molecule has 0 spiro atoms. The standard InChI is InChI=1S/C18H13F3N2O2/c1-25-17(24)11-2-5-13(6-3-11)23-15-8-9-22-16-10-12(18(19,20)21)4-7-14(15)16/h2-10H,1H3,(H,22,23). The molecule has 0 aliphatic carbocycles. The van der Waals surface area contributed by atoms with Crippen LogP contribution in [0.2, 0.25) is 0 Å². The summed E-state index contributed by atoms with van der Waals surface area (Å²) in [5.41, 5.74) is 1.20. The van der Waals surface area contributed by atoms with E-state index in [9.17, 15) is 18.0 Å². The van der Waals surface area contributed by atoms with Crippen LogP contribution in [0.3, 0.4) is 0 Å². The number of halogens is 3. The van der Waals surface area contributed by atoms with Crippen molar-refractivity contribution in [3.05, 3.63) is 65.9 Å². The van der Waals surface area contributed by atoms with Crippen LogP contribution in [0, 0.1) is 0 Å². The van der Waals surface area contributed by atoms with E-state index in [0.29, 0.717) is 22.3 Å². The highest BCUT2D eigenvalue weighted by atomic mass is 19.4. The Kier molecular flexibility index (Phi) is 4.31. The van der Waals surface area contributed by atoms with Gasteiger partial charge >= 0.3 is 12.1 Å². The maximum absolute atomic E-state index is 12.8. The first-order valence-electron chi connectivity index (χ1n) is 7.30. The van der Waals surface area contributed by atoms with Gasteiger partial charge in [-0.1, -0.05) is 6.07 Å². The van der Waals surface area contributed by atoms with Gasteiger partial charge in [-0.05, 0) is 42.5 Å². The van der Waals surface area contributed by atoms with Gasteiger partial charge in [0.15, 0.2) is 0 Å². The molecule has 128 valence electrons. The summed E-state index contributed by atoms with van der Waals surface area (Å²) in [6.45, 7) is 0. The number of hydrogen-bond donors (Lipinski definition) is 1. The minimum atomic E-state index is -4.41. The molecule has 0 amide bonds. The van der Waals surface area contributed by atoms with E-state index < -0.39 is 17.7 Å². The number of nitrogens with one attached hydrogen (secondary N) is 1. The average Bonchev–Trinajstić information content (AvgIpc) is 2.61. The third-order valence-corrected chi connectivity index (χ3v) is 3.66. The number of nitrogens with zero attached hydrogens (tertiary/aromatic N) is 1. The number of benzene rings is 2. The Morgan fingerprint density at radius 3 is 2.44 bits per heavy atom. The number of pyridine rings is 1. The molecule has 3 aromatic rings. The lowest BCUT2D eigenvalue weighted by molar-refractivity contribution is -0.137. The molecule has 0 fully saturated rings. The van der Waals surface area contributed by atoms with E-state index in [1.54, 1.807) is 30.3 Å². The zero-order valence-electron chi connectivity index (χ0n) is 13.1. The fraction of sp³-hybridized carbons (Fsp3) is 0.111. The molecule has 25 heavy (non-hydrogen) atoms. The lowest BCUT2D eigenvalue weighted by Gasteiger charge is -2.12. The molecule has 0 atom stereocenters. The Hall–Kier alpha value is -3.09. The number of ether oxygens (including phenoxy) is 1. The molecule has 0 aliphatic heterocycles. The van der Waals surface area contributed by atoms with Crippen molar-refractivity contribution in [2.45, 2.75) is 6.18 Å². The molecular formula is C18H13F3N2O2. The topological polar surface area (TPSA) is 51.2 Å². The smallest absolute Gasteiger partial charge is 0.416 e. The van der Waals surface area contributed by atoms with Crippen molar-refractivity contribution in [2.75, 3.05) is 12.4 Å². The first-order valence-corrected chi connectivity index (χ1v) is 7.30. The summed E-state index contributed by atoms with van der Waals surface area (Å²) in [6, 6.07) is 11.7. The first-order chi connectivity index (χ1) is 11.9. The van der Waals surface area contributed by atoms with Gasteiger partial charge in [-0.25, -0.2) is 4.79 Å². The Morgan fingerprint density at radius 2 is 1.80 bits per heavy atom. The summed E-state index contributed by atoms with van der Waals surface area (Å²) in [7, 11) is 1.30. The van der Waals surface area contributed by atoms with Crippen LogP contribution in [-0.4, -0.2) is 18.1 Å². The molecule has 0 unspecified atom stereocenters. The number of rotatable bonds is 3. The number of methoxy groups -OCH3 is 1. The number of alkyl halides is 3. The molecule has 1 heterocycles. The van der Waals surface area contributed by atoms with Crippen molar-refractivity contribution in [1.29, 1.82) is 0 Å². The second kappa shape index (κ2) is 6.43. The Morgan fingerprint density at radius 1 is 1.08 bits per heavy atom. The van der Waals surface area contributed by atoms with Crippen LogP contribution in [0.15, 0.2) is 54.7 Å². The molecule has 1 aromatic heterocycles. The fourth-order valence-electron chi connectivity index (χ4n) is 2.40. The van der Waals surface area contributed by atoms with Gasteiger partial charge in [0.2, 0.25) is 0 Å². The molecule has 0 radical (unpaired) electrons. The van der Waals surface area contributed by atoms with Crippen molar-refractivity contribution >= 4 is 28.2 Å². The molecule has 4 nitrogen and oxygen atoms in total. The Labute approximate surface area is 141 Å². The monoisotopic (exact) mass is 346 g/mol. The summed E-state index contributed by atoms with van der Waals surface area (Å²) in [4.78, 5) is 15.4. The highest BCUT2D eigenvalue weighted by molar-refractivity contribution is 5.94. The van der Waals surface area contributed by atoms with Crippen molar-refractivity contribution in [1.82, 2.24) is 4.98 Å². The molecule has 0 saturated heterocycles. The largest absolute Gasteiger partial charge is 0.465 e. The molecule has 0 bridgehead atoms. The molecule has 2 aromatic carbocycles. The molecule has 0 aliphatic rings. The zero-order chi connectivity index (χ0) is 18.0. The Balaban J connectivity index is 1.92. The van der Waals surface area contributed by atoms with E-state index in [0.717, 1.165) is 12.1 Å². The van der Waals surface area contributed by atoms with Crippen LogP contribution in [0.25, 0.3) is 10.9 Å². The maximum atomic E-state index is 12.8. The highest BCUT2D eigenvalue weighted by Gasteiger charge is 2.30. The van der Waals surface area contributed by atoms with Gasteiger partial charge in [0.1, 0.15) is 0 Å². The van der Waals surface area contributed by atoms with Gasteiger partial charge in [-0.2, -0.15) is 13.2 Å². The van der Waals surface area contributed by atoms with Crippen LogP contribution in [0.5, 0.6) is 0 Å². The predicted octanol–water partition coefficient (Wildman–Crippen LogP) is 4.78. The van der Waals surface area contributed by atoms with Gasteiger partial charge in [-0.15, -0.1) is 0 Å². The number of carbonyl (C=O) groups is 1. The fourth-order valence-corrected chi connectivity index (χ4v) is 2.40. The van der Waals surface area contributed by atoms with Crippen LogP contribution in [-0.2, 0) is 10.9 Å². The Bertz CT molecular complexity index is 922. The third-order valence-electron chi connectivity index (χ3n) is 3.66. The van der Waals surface area contributed by atoms with Gasteiger partial charge < -0.3 is 10.1 Å². The molecule has 1 N–H and O–H groups in total. The van der Waals surface area contributed by atoms with Crippen LogP contribution in [0.4, 0.5) is 24.5 Å². The quantitative estimate of drug-likeness (QED) is 0.693. The maximum Gasteiger partial charge on any atom is 0.416 e. The van der Waals surface area contributed by atoms with Crippen molar-refractivity contribution < 1.29 is 22.7 Å². The summed E-state index contributed by atoms with van der Waals surface area (Å²) in [5.74, 6) is -0.444. The van der Waals surface area contributed by atoms with Crippen molar-refractivity contribution in [2.24, 2.45) is 0 Å². The second-order valence-electron chi connectivity index (χ2n) is 5.28. The number of carbonyl (C=O) groups excluding carboxylic acids is 1. The lowest BCUT2D eigenvalue weighted by Crippen LogP contribution is -2.05. The molecule has 3 rings (SSSR count). The van der Waals surface area contributed by atoms with Crippen LogP contribution < -0.4 is 5.32 Å². The van der Waals surface area contributed by atoms with Gasteiger partial charge in [0.25, 0.3) is 0 Å². The second-order valence-corrected chi connectivity index (χ2v) is 5.28. The summed E-state index contributed by atoms with van der Waals surface area (Å²) < 4.78 is 43.1. The van der Waals surface area contributed by atoms with E-state index in [-0.39, 0.29) is 5.52 Å². The summed E-state index contributed by atoms with van der Waals surface area (Å²) in [5, 5.41) is 3.68. The third kappa shape index (κ3) is 3.55. The van der Waals surface area contributed by atoms with E-state index in [4.69, 9.17) is 0 Å². The molecular weight excluding hydrogens is 333 g/mol. The first kappa shape index (κ1) is 16.8. The van der Waals surface area contributed by atoms with Gasteiger partial charge in [0.05, 0.1) is 23.8 Å². The van der Waals surface area contributed by atoms with Crippen LogP contribution >= 0.6 is 0 Å². The average molecular weight is 346 g/mol.